The number of nitro benzene ring substituents is 1. The zero-order chi connectivity index (χ0) is 14.0. The number of rotatable bonds is 3. The third kappa shape index (κ3) is 3.10. The molecule has 0 saturated heterocycles. The molecule has 1 aliphatic carbocycles. The molecule has 104 valence electrons. The lowest BCUT2D eigenvalue weighted by Crippen LogP contribution is -2.36. The predicted octanol–water partition coefficient (Wildman–Crippen LogP) is 3.04. The molecule has 1 aromatic rings. The van der Waals surface area contributed by atoms with Crippen molar-refractivity contribution in [3.05, 3.63) is 39.7 Å². The molecule has 3 atom stereocenters. The number of nitrogens with two attached hydrogens (primary N) is 1. The quantitative estimate of drug-likeness (QED) is 0.675. The van der Waals surface area contributed by atoms with Gasteiger partial charge >= 0.3 is 5.69 Å². The van der Waals surface area contributed by atoms with Gasteiger partial charge in [-0.3, -0.25) is 10.1 Å². The van der Waals surface area contributed by atoms with E-state index in [1.165, 1.54) is 12.1 Å². The van der Waals surface area contributed by atoms with Crippen LogP contribution in [0, 0.1) is 27.8 Å². The molecule has 2 rings (SSSR count). The Labute approximate surface area is 112 Å². The molecule has 0 aliphatic heterocycles. The van der Waals surface area contributed by atoms with Crippen LogP contribution >= 0.6 is 0 Å². The van der Waals surface area contributed by atoms with E-state index in [0.717, 1.165) is 19.3 Å². The highest BCUT2D eigenvalue weighted by Crippen LogP contribution is 2.32. The second kappa shape index (κ2) is 5.65. The van der Waals surface area contributed by atoms with Crippen LogP contribution in [0.25, 0.3) is 0 Å². The Hall–Kier alpha value is -1.49. The molecule has 0 amide bonds. The minimum absolute atomic E-state index is 0.0647. The molecule has 19 heavy (non-hydrogen) atoms. The second-order valence-electron chi connectivity index (χ2n) is 5.55. The van der Waals surface area contributed by atoms with E-state index in [2.05, 4.69) is 6.92 Å². The molecule has 1 fully saturated rings. The summed E-state index contributed by atoms with van der Waals surface area (Å²) in [6, 6.07) is 4.42. The van der Waals surface area contributed by atoms with Crippen LogP contribution in [-0.2, 0) is 6.42 Å². The van der Waals surface area contributed by atoms with Crippen molar-refractivity contribution in [2.45, 2.75) is 38.6 Å². The third-order valence-electron chi connectivity index (χ3n) is 4.04. The summed E-state index contributed by atoms with van der Waals surface area (Å²) in [6.45, 7) is 2.17. The van der Waals surface area contributed by atoms with Crippen LogP contribution < -0.4 is 5.73 Å². The number of halogens is 1. The van der Waals surface area contributed by atoms with Gasteiger partial charge in [0.2, 0.25) is 5.82 Å². The smallest absolute Gasteiger partial charge is 0.305 e. The van der Waals surface area contributed by atoms with E-state index in [1.807, 2.05) is 0 Å². The Balaban J connectivity index is 2.19. The molecule has 1 aliphatic rings. The average molecular weight is 266 g/mol. The first kappa shape index (κ1) is 13.9. The van der Waals surface area contributed by atoms with Crippen LogP contribution in [-0.4, -0.2) is 11.0 Å². The number of benzene rings is 1. The minimum atomic E-state index is -0.710. The van der Waals surface area contributed by atoms with Crippen molar-refractivity contribution in [3.8, 4) is 0 Å². The topological polar surface area (TPSA) is 69.2 Å². The molecule has 3 unspecified atom stereocenters. The number of hydrogen-bond donors (Lipinski definition) is 1. The summed E-state index contributed by atoms with van der Waals surface area (Å²) in [5, 5.41) is 10.7. The van der Waals surface area contributed by atoms with Gasteiger partial charge in [-0.25, -0.2) is 0 Å². The molecule has 1 saturated carbocycles. The van der Waals surface area contributed by atoms with Gasteiger partial charge in [-0.2, -0.15) is 4.39 Å². The molecule has 4 nitrogen and oxygen atoms in total. The highest BCUT2D eigenvalue weighted by atomic mass is 19.1. The van der Waals surface area contributed by atoms with Crippen molar-refractivity contribution >= 4 is 5.69 Å². The maximum Gasteiger partial charge on any atom is 0.305 e. The van der Waals surface area contributed by atoms with Crippen LogP contribution in [0.1, 0.15) is 31.7 Å². The molecule has 0 spiro atoms. The van der Waals surface area contributed by atoms with Gasteiger partial charge in [0.1, 0.15) is 0 Å². The number of hydrogen-bond acceptors (Lipinski definition) is 3. The first-order valence-electron chi connectivity index (χ1n) is 6.66. The molecule has 0 aromatic heterocycles. The lowest BCUT2D eigenvalue weighted by atomic mass is 9.76. The van der Waals surface area contributed by atoms with Crippen molar-refractivity contribution in [2.24, 2.45) is 17.6 Å². The lowest BCUT2D eigenvalue weighted by molar-refractivity contribution is -0.387. The van der Waals surface area contributed by atoms with E-state index >= 15 is 0 Å². The van der Waals surface area contributed by atoms with Gasteiger partial charge in [0.15, 0.2) is 0 Å². The van der Waals surface area contributed by atoms with Crippen molar-refractivity contribution < 1.29 is 9.31 Å². The minimum Gasteiger partial charge on any atom is -0.327 e. The van der Waals surface area contributed by atoms with E-state index in [9.17, 15) is 14.5 Å². The average Bonchev–Trinajstić information content (AvgIpc) is 2.36. The molecule has 1 aromatic carbocycles. The molecular formula is C14H19FN2O2. The number of nitro groups is 1. The van der Waals surface area contributed by atoms with Gasteiger partial charge in [0.05, 0.1) is 4.92 Å². The first-order chi connectivity index (χ1) is 8.99. The van der Waals surface area contributed by atoms with Crippen LogP contribution in [0.3, 0.4) is 0 Å². The zero-order valence-corrected chi connectivity index (χ0v) is 11.0. The van der Waals surface area contributed by atoms with Crippen molar-refractivity contribution in [1.29, 1.82) is 0 Å². The zero-order valence-electron chi connectivity index (χ0n) is 11.0. The monoisotopic (exact) mass is 266 g/mol. The lowest BCUT2D eigenvalue weighted by Gasteiger charge is -2.32. The second-order valence-corrected chi connectivity index (χ2v) is 5.55. The van der Waals surface area contributed by atoms with Crippen LogP contribution in [0.5, 0.6) is 0 Å². The van der Waals surface area contributed by atoms with Gasteiger partial charge in [0.25, 0.3) is 0 Å². The SMILES string of the molecule is CC1CCC(N)C(Cc2cccc([N+](=O)[O-])c2F)C1. The standard InChI is InChI=1S/C14H19FN2O2/c1-9-5-6-12(16)11(7-9)8-10-3-2-4-13(14(10)15)17(18)19/h2-4,9,11-12H,5-8,16H2,1H3. The van der Waals surface area contributed by atoms with Gasteiger partial charge in [-0.05, 0) is 43.1 Å². The Morgan fingerprint density at radius 2 is 2.21 bits per heavy atom. The van der Waals surface area contributed by atoms with Gasteiger partial charge in [0, 0.05) is 12.1 Å². The summed E-state index contributed by atoms with van der Waals surface area (Å²) in [4.78, 5) is 10.0. The third-order valence-corrected chi connectivity index (χ3v) is 4.04. The number of nitrogens with zero attached hydrogens (tertiary/aromatic N) is 1. The fraction of sp³-hybridized carbons (Fsp3) is 0.571. The summed E-state index contributed by atoms with van der Waals surface area (Å²) in [5.74, 6) is 0.0877. The maximum absolute atomic E-state index is 14.0. The fourth-order valence-electron chi connectivity index (χ4n) is 2.90. The van der Waals surface area contributed by atoms with E-state index < -0.39 is 16.4 Å². The Kier molecular flexibility index (Phi) is 4.14. The summed E-state index contributed by atoms with van der Waals surface area (Å²) < 4.78 is 14.0. The van der Waals surface area contributed by atoms with Crippen LogP contribution in [0.4, 0.5) is 10.1 Å². The summed E-state index contributed by atoms with van der Waals surface area (Å²) in [6.07, 6.45) is 3.50. The van der Waals surface area contributed by atoms with Crippen molar-refractivity contribution in [2.75, 3.05) is 0 Å². The highest BCUT2D eigenvalue weighted by molar-refractivity contribution is 5.37. The Bertz CT molecular complexity index is 479. The molecular weight excluding hydrogens is 247 g/mol. The van der Waals surface area contributed by atoms with Crippen LogP contribution in [0.15, 0.2) is 18.2 Å². The van der Waals surface area contributed by atoms with Crippen molar-refractivity contribution in [1.82, 2.24) is 0 Å². The van der Waals surface area contributed by atoms with Crippen molar-refractivity contribution in [3.63, 3.8) is 0 Å². The van der Waals surface area contributed by atoms with E-state index in [-0.39, 0.29) is 12.0 Å². The molecule has 2 N–H and O–H groups in total. The molecule has 5 heteroatoms. The van der Waals surface area contributed by atoms with Crippen LogP contribution in [0.2, 0.25) is 0 Å². The Morgan fingerprint density at radius 3 is 2.89 bits per heavy atom. The summed E-state index contributed by atoms with van der Waals surface area (Å²) >= 11 is 0. The summed E-state index contributed by atoms with van der Waals surface area (Å²) in [5.41, 5.74) is 6.04. The van der Waals surface area contributed by atoms with Gasteiger partial charge in [-0.1, -0.05) is 19.1 Å². The largest absolute Gasteiger partial charge is 0.327 e. The Morgan fingerprint density at radius 1 is 1.47 bits per heavy atom. The fourth-order valence-corrected chi connectivity index (χ4v) is 2.90. The van der Waals surface area contributed by atoms with E-state index in [4.69, 9.17) is 5.73 Å². The van der Waals surface area contributed by atoms with E-state index in [0.29, 0.717) is 17.9 Å². The molecule has 0 bridgehead atoms. The molecule has 0 radical (unpaired) electrons. The molecule has 0 heterocycles. The summed E-state index contributed by atoms with van der Waals surface area (Å²) in [7, 11) is 0. The first-order valence-corrected chi connectivity index (χ1v) is 6.66. The van der Waals surface area contributed by atoms with E-state index in [1.54, 1.807) is 6.07 Å². The normalized spacial score (nSPS) is 27.2. The van der Waals surface area contributed by atoms with Gasteiger partial charge < -0.3 is 5.73 Å². The highest BCUT2D eigenvalue weighted by Gasteiger charge is 2.28. The predicted molar refractivity (Wildman–Crippen MR) is 71.2 cm³/mol. The van der Waals surface area contributed by atoms with Gasteiger partial charge in [-0.15, -0.1) is 0 Å². The maximum atomic E-state index is 14.0.